The lowest BCUT2D eigenvalue weighted by Gasteiger charge is -2.22. The molecule has 0 unspecified atom stereocenters. The first-order chi connectivity index (χ1) is 12.6. The summed E-state index contributed by atoms with van der Waals surface area (Å²) in [5.74, 6) is -0.337. The summed E-state index contributed by atoms with van der Waals surface area (Å²) in [6.07, 6.45) is 7.23. The first-order valence-corrected chi connectivity index (χ1v) is 8.74. The lowest BCUT2D eigenvalue weighted by Crippen LogP contribution is -2.50. The van der Waals surface area contributed by atoms with Crippen LogP contribution in [-0.4, -0.2) is 33.8 Å². The van der Waals surface area contributed by atoms with Gasteiger partial charge in [0.15, 0.2) is 0 Å². The molecule has 1 saturated heterocycles. The minimum Gasteiger partial charge on any atom is -0.354 e. The maximum absolute atomic E-state index is 12.6. The number of nitrogens with one attached hydrogen (secondary N) is 2. The van der Waals surface area contributed by atoms with E-state index in [4.69, 9.17) is 0 Å². The van der Waals surface area contributed by atoms with Crippen LogP contribution >= 0.6 is 0 Å². The van der Waals surface area contributed by atoms with Gasteiger partial charge in [0.2, 0.25) is 5.91 Å². The highest BCUT2D eigenvalue weighted by Crippen LogP contribution is 2.23. The molecule has 1 aromatic carbocycles. The third-order valence-electron chi connectivity index (χ3n) is 4.72. The monoisotopic (exact) mass is 348 g/mol. The average molecular weight is 348 g/mol. The second kappa shape index (κ2) is 6.63. The molecule has 1 atom stereocenters. The Morgan fingerprint density at radius 2 is 2.19 bits per heavy atom. The van der Waals surface area contributed by atoms with Gasteiger partial charge in [-0.15, -0.1) is 0 Å². The van der Waals surface area contributed by atoms with E-state index in [1.54, 1.807) is 12.3 Å². The van der Waals surface area contributed by atoms with E-state index in [-0.39, 0.29) is 11.8 Å². The van der Waals surface area contributed by atoms with Crippen molar-refractivity contribution in [2.75, 3.05) is 6.54 Å². The molecular weight excluding hydrogens is 328 g/mol. The summed E-state index contributed by atoms with van der Waals surface area (Å²) in [5.41, 5.74) is 4.50. The van der Waals surface area contributed by atoms with E-state index in [1.165, 1.54) is 0 Å². The second-order valence-corrected chi connectivity index (χ2v) is 6.61. The highest BCUT2D eigenvalue weighted by atomic mass is 16.2. The quantitative estimate of drug-likeness (QED) is 0.763. The van der Waals surface area contributed by atoms with Gasteiger partial charge in [-0.25, -0.2) is 4.98 Å². The number of fused-ring (bicyclic) bond motifs is 1. The number of hydrogen-bond donors (Lipinski definition) is 2. The molecular formula is C20H20N4O2. The lowest BCUT2D eigenvalue weighted by molar-refractivity contribution is -0.124. The van der Waals surface area contributed by atoms with E-state index in [0.717, 1.165) is 28.8 Å². The molecule has 132 valence electrons. The van der Waals surface area contributed by atoms with Gasteiger partial charge in [-0.3, -0.25) is 9.59 Å². The number of carbonyl (C=O) groups is 2. The number of carbonyl (C=O) groups excluding carboxylic acids is 2. The molecule has 3 heterocycles. The van der Waals surface area contributed by atoms with Crippen molar-refractivity contribution in [3.05, 3.63) is 60.0 Å². The maximum Gasteiger partial charge on any atom is 0.251 e. The van der Waals surface area contributed by atoms with Gasteiger partial charge in [-0.2, -0.15) is 0 Å². The zero-order valence-corrected chi connectivity index (χ0v) is 14.5. The zero-order valence-electron chi connectivity index (χ0n) is 14.5. The third-order valence-corrected chi connectivity index (χ3v) is 4.72. The van der Waals surface area contributed by atoms with Crippen LogP contribution < -0.4 is 10.6 Å². The molecule has 26 heavy (non-hydrogen) atoms. The van der Waals surface area contributed by atoms with Crippen LogP contribution in [0.2, 0.25) is 0 Å². The van der Waals surface area contributed by atoms with Gasteiger partial charge >= 0.3 is 0 Å². The summed E-state index contributed by atoms with van der Waals surface area (Å²) in [5, 5.41) is 5.62. The molecule has 2 aromatic heterocycles. The number of benzene rings is 1. The van der Waals surface area contributed by atoms with Crippen molar-refractivity contribution in [1.82, 2.24) is 20.0 Å². The predicted molar refractivity (Wildman–Crippen MR) is 98.9 cm³/mol. The molecule has 0 spiro atoms. The Labute approximate surface area is 151 Å². The minimum absolute atomic E-state index is 0.109. The Kier molecular flexibility index (Phi) is 4.16. The highest BCUT2D eigenvalue weighted by molar-refractivity contribution is 5.98. The Morgan fingerprint density at radius 3 is 3.04 bits per heavy atom. The van der Waals surface area contributed by atoms with E-state index in [1.807, 2.05) is 41.9 Å². The van der Waals surface area contributed by atoms with Gasteiger partial charge in [-0.05, 0) is 54.7 Å². The number of hydrogen-bond acceptors (Lipinski definition) is 3. The number of aromatic nitrogens is 2. The zero-order chi connectivity index (χ0) is 18.1. The largest absolute Gasteiger partial charge is 0.354 e. The SMILES string of the molecule is Cc1cc(-c2cccc(C(=O)N[C@H]3CCCNC3=O)c2)cn2ccnc12. The summed E-state index contributed by atoms with van der Waals surface area (Å²) < 4.78 is 1.98. The number of pyridine rings is 1. The van der Waals surface area contributed by atoms with E-state index in [0.29, 0.717) is 18.5 Å². The molecule has 0 radical (unpaired) electrons. The predicted octanol–water partition coefficient (Wildman–Crippen LogP) is 2.32. The summed E-state index contributed by atoms with van der Waals surface area (Å²) in [7, 11) is 0. The Morgan fingerprint density at radius 1 is 1.31 bits per heavy atom. The summed E-state index contributed by atoms with van der Waals surface area (Å²) in [6, 6.07) is 9.06. The van der Waals surface area contributed by atoms with Crippen molar-refractivity contribution < 1.29 is 9.59 Å². The Hall–Kier alpha value is -3.15. The van der Waals surface area contributed by atoms with Gasteiger partial charge in [-0.1, -0.05) is 12.1 Å². The van der Waals surface area contributed by atoms with E-state index in [9.17, 15) is 9.59 Å². The summed E-state index contributed by atoms with van der Waals surface area (Å²) in [4.78, 5) is 28.8. The first kappa shape index (κ1) is 16.3. The molecule has 1 aliphatic rings. The molecule has 0 aliphatic carbocycles. The first-order valence-electron chi connectivity index (χ1n) is 8.74. The molecule has 1 aliphatic heterocycles. The van der Waals surface area contributed by atoms with E-state index < -0.39 is 6.04 Å². The van der Waals surface area contributed by atoms with E-state index >= 15 is 0 Å². The smallest absolute Gasteiger partial charge is 0.251 e. The molecule has 1 fully saturated rings. The minimum atomic E-state index is -0.454. The van der Waals surface area contributed by atoms with Crippen LogP contribution in [0.4, 0.5) is 0 Å². The van der Waals surface area contributed by atoms with Crippen LogP contribution in [-0.2, 0) is 4.79 Å². The molecule has 4 rings (SSSR count). The van der Waals surface area contributed by atoms with Crippen LogP contribution in [0, 0.1) is 6.92 Å². The number of imidazole rings is 1. The molecule has 2 amide bonds. The fraction of sp³-hybridized carbons (Fsp3) is 0.250. The molecule has 3 aromatic rings. The number of amides is 2. The van der Waals surface area contributed by atoms with Crippen molar-refractivity contribution in [3.8, 4) is 11.1 Å². The topological polar surface area (TPSA) is 75.5 Å². The van der Waals surface area contributed by atoms with Gasteiger partial charge in [0.05, 0.1) is 0 Å². The van der Waals surface area contributed by atoms with Gasteiger partial charge in [0, 0.05) is 30.7 Å². The van der Waals surface area contributed by atoms with Crippen molar-refractivity contribution in [2.45, 2.75) is 25.8 Å². The van der Waals surface area contributed by atoms with Gasteiger partial charge in [0.25, 0.3) is 5.91 Å². The van der Waals surface area contributed by atoms with Gasteiger partial charge in [0.1, 0.15) is 11.7 Å². The fourth-order valence-electron chi connectivity index (χ4n) is 3.36. The normalized spacial score (nSPS) is 17.1. The molecule has 0 bridgehead atoms. The fourth-order valence-corrected chi connectivity index (χ4v) is 3.36. The maximum atomic E-state index is 12.6. The third kappa shape index (κ3) is 3.06. The van der Waals surface area contributed by atoms with Crippen LogP contribution in [0.1, 0.15) is 28.8 Å². The number of rotatable bonds is 3. The van der Waals surface area contributed by atoms with Crippen LogP contribution in [0.3, 0.4) is 0 Å². The van der Waals surface area contributed by atoms with Gasteiger partial charge < -0.3 is 15.0 Å². The van der Waals surface area contributed by atoms with E-state index in [2.05, 4.69) is 21.7 Å². The standard InChI is InChI=1S/C20H20N4O2/c1-13-10-16(12-24-9-8-21-18(13)24)14-4-2-5-15(11-14)19(25)23-17-6-3-7-22-20(17)26/h2,4-5,8-12,17H,3,6-7H2,1H3,(H,22,26)(H,23,25)/t17-/m0/s1. The van der Waals surface area contributed by atoms with Crippen LogP contribution in [0.5, 0.6) is 0 Å². The summed E-state index contributed by atoms with van der Waals surface area (Å²) >= 11 is 0. The molecule has 0 saturated carbocycles. The van der Waals surface area contributed by atoms with Crippen molar-refractivity contribution >= 4 is 17.5 Å². The Balaban J connectivity index is 1.61. The van der Waals surface area contributed by atoms with Crippen molar-refractivity contribution in [2.24, 2.45) is 0 Å². The Bertz CT molecular complexity index is 992. The molecule has 2 N–H and O–H groups in total. The number of nitrogens with zero attached hydrogens (tertiary/aromatic N) is 2. The van der Waals surface area contributed by atoms with Crippen molar-refractivity contribution in [1.29, 1.82) is 0 Å². The summed E-state index contributed by atoms with van der Waals surface area (Å²) in [6.45, 7) is 2.70. The highest BCUT2D eigenvalue weighted by Gasteiger charge is 2.24. The lowest BCUT2D eigenvalue weighted by atomic mass is 10.0. The number of piperidine rings is 1. The van der Waals surface area contributed by atoms with Crippen molar-refractivity contribution in [3.63, 3.8) is 0 Å². The number of aryl methyl sites for hydroxylation is 1. The average Bonchev–Trinajstić information content (AvgIpc) is 3.13. The molecule has 6 nitrogen and oxygen atoms in total. The molecule has 6 heteroatoms. The second-order valence-electron chi connectivity index (χ2n) is 6.61. The van der Waals surface area contributed by atoms with Crippen LogP contribution in [0.15, 0.2) is 48.9 Å². The van der Waals surface area contributed by atoms with Crippen LogP contribution in [0.25, 0.3) is 16.8 Å².